The zero-order valence-electron chi connectivity index (χ0n) is 15.6. The van der Waals surface area contributed by atoms with Gasteiger partial charge in [-0.25, -0.2) is 18.2 Å². The van der Waals surface area contributed by atoms with E-state index in [-0.39, 0.29) is 22.2 Å². The third-order valence-electron chi connectivity index (χ3n) is 4.35. The van der Waals surface area contributed by atoms with Gasteiger partial charge < -0.3 is 10.2 Å². The van der Waals surface area contributed by atoms with Crippen molar-refractivity contribution in [1.82, 2.24) is 13.9 Å². The van der Waals surface area contributed by atoms with Crippen molar-refractivity contribution in [3.05, 3.63) is 76.5 Å². The molecule has 0 atom stereocenters. The predicted octanol–water partition coefficient (Wildman–Crippen LogP) is 2.27. The molecule has 3 N–H and O–H groups in total. The maximum absolute atomic E-state index is 12.6. The van der Waals surface area contributed by atoms with Gasteiger partial charge in [0, 0.05) is 24.1 Å². The summed E-state index contributed by atoms with van der Waals surface area (Å²) in [5, 5.41) is 0.149. The standard InChI is InChI=1S/C19H17N5O4S2/c20-9-3-6-13-4-1-2-5-14(13)11-24-16-8-7-15(10-17(16)28-19(24)25)30(26,27)23-18-21-12-22-29-18/h1-8,10,12H,9,11,20H2,(H,21,22,23). The molecule has 2 aromatic heterocycles. The molecule has 11 heteroatoms. The van der Waals surface area contributed by atoms with Crippen LogP contribution in [0.25, 0.3) is 17.2 Å². The fraction of sp³-hybridized carbons (Fsp3) is 0.105. The van der Waals surface area contributed by atoms with Crippen molar-refractivity contribution in [3.63, 3.8) is 0 Å². The van der Waals surface area contributed by atoms with Crippen LogP contribution in [-0.4, -0.2) is 28.9 Å². The van der Waals surface area contributed by atoms with Crippen molar-refractivity contribution < 1.29 is 12.8 Å². The summed E-state index contributed by atoms with van der Waals surface area (Å²) in [6.07, 6.45) is 4.98. The van der Waals surface area contributed by atoms with Gasteiger partial charge in [-0.05, 0) is 23.3 Å². The minimum Gasteiger partial charge on any atom is -0.408 e. The Labute approximate surface area is 175 Å². The lowest BCUT2D eigenvalue weighted by Gasteiger charge is -2.08. The number of nitrogens with two attached hydrogens (primary N) is 1. The van der Waals surface area contributed by atoms with Crippen LogP contribution in [0.3, 0.4) is 0 Å². The predicted molar refractivity (Wildman–Crippen MR) is 115 cm³/mol. The molecule has 0 saturated carbocycles. The highest BCUT2D eigenvalue weighted by atomic mass is 32.2. The lowest BCUT2D eigenvalue weighted by molar-refractivity contribution is 0.517. The average molecular weight is 444 g/mol. The minimum atomic E-state index is -3.89. The summed E-state index contributed by atoms with van der Waals surface area (Å²) >= 11 is 0.920. The van der Waals surface area contributed by atoms with Crippen LogP contribution in [0.5, 0.6) is 0 Å². The van der Waals surface area contributed by atoms with Crippen molar-refractivity contribution >= 4 is 43.9 Å². The second kappa shape index (κ2) is 8.22. The van der Waals surface area contributed by atoms with Gasteiger partial charge in [-0.15, -0.1) is 0 Å². The van der Waals surface area contributed by atoms with Gasteiger partial charge in [-0.3, -0.25) is 9.29 Å². The van der Waals surface area contributed by atoms with Gasteiger partial charge in [0.1, 0.15) is 6.33 Å². The summed E-state index contributed by atoms with van der Waals surface area (Å²) in [7, 11) is -3.89. The number of sulfonamides is 1. The van der Waals surface area contributed by atoms with Crippen LogP contribution in [0.4, 0.5) is 5.13 Å². The molecule has 0 unspecified atom stereocenters. The van der Waals surface area contributed by atoms with E-state index in [2.05, 4.69) is 14.1 Å². The monoisotopic (exact) mass is 443 g/mol. The number of rotatable bonds is 7. The van der Waals surface area contributed by atoms with Gasteiger partial charge in [-0.2, -0.15) is 4.37 Å². The molecule has 2 aromatic carbocycles. The molecule has 0 aliphatic heterocycles. The van der Waals surface area contributed by atoms with E-state index in [9.17, 15) is 13.2 Å². The third-order valence-corrected chi connectivity index (χ3v) is 6.40. The fourth-order valence-corrected chi connectivity index (χ4v) is 4.64. The van der Waals surface area contributed by atoms with Crippen molar-refractivity contribution in [3.8, 4) is 0 Å². The van der Waals surface area contributed by atoms with Gasteiger partial charge in [0.15, 0.2) is 5.58 Å². The summed E-state index contributed by atoms with van der Waals surface area (Å²) in [4.78, 5) is 16.2. The molecule has 4 rings (SSSR count). The Balaban J connectivity index is 1.70. The van der Waals surface area contributed by atoms with Gasteiger partial charge in [0.25, 0.3) is 10.0 Å². The Morgan fingerprint density at radius 3 is 2.83 bits per heavy atom. The lowest BCUT2D eigenvalue weighted by Crippen LogP contribution is -2.15. The summed E-state index contributed by atoms with van der Waals surface area (Å²) in [6.45, 7) is 0.678. The normalized spacial score (nSPS) is 12.0. The first-order valence-electron chi connectivity index (χ1n) is 8.85. The van der Waals surface area contributed by atoms with E-state index in [1.165, 1.54) is 23.0 Å². The molecule has 154 valence electrons. The summed E-state index contributed by atoms with van der Waals surface area (Å²) < 4.78 is 38.0. The van der Waals surface area contributed by atoms with Crippen molar-refractivity contribution in [1.29, 1.82) is 0 Å². The Morgan fingerprint density at radius 1 is 1.23 bits per heavy atom. The summed E-state index contributed by atoms with van der Waals surface area (Å²) in [5.41, 5.74) is 8.04. The maximum Gasteiger partial charge on any atom is 0.420 e. The number of fused-ring (bicyclic) bond motifs is 1. The van der Waals surface area contributed by atoms with Gasteiger partial charge in [0.2, 0.25) is 5.13 Å². The van der Waals surface area contributed by atoms with E-state index in [0.29, 0.717) is 12.1 Å². The van der Waals surface area contributed by atoms with Crippen molar-refractivity contribution in [2.24, 2.45) is 5.73 Å². The molecule has 0 fully saturated rings. The van der Waals surface area contributed by atoms with E-state index in [0.717, 1.165) is 22.7 Å². The number of oxazole rings is 1. The zero-order chi connectivity index (χ0) is 21.1. The Hall–Kier alpha value is -3.28. The van der Waals surface area contributed by atoms with E-state index in [1.807, 2.05) is 36.4 Å². The highest BCUT2D eigenvalue weighted by molar-refractivity contribution is 7.93. The second-order valence-corrected chi connectivity index (χ2v) is 8.73. The number of anilines is 1. The molecule has 0 aliphatic carbocycles. The van der Waals surface area contributed by atoms with Crippen LogP contribution >= 0.6 is 11.5 Å². The number of benzene rings is 2. The first-order chi connectivity index (χ1) is 14.5. The second-order valence-electron chi connectivity index (χ2n) is 6.27. The van der Waals surface area contributed by atoms with Crippen LogP contribution in [0.2, 0.25) is 0 Å². The van der Waals surface area contributed by atoms with Crippen molar-refractivity contribution in [2.75, 3.05) is 11.3 Å². The molecule has 0 saturated heterocycles. The number of nitrogens with zero attached hydrogens (tertiary/aromatic N) is 3. The SMILES string of the molecule is NCC=Cc1ccccc1Cn1c(=O)oc2cc(S(=O)(=O)Nc3ncns3)ccc21. The minimum absolute atomic E-state index is 0.0441. The van der Waals surface area contributed by atoms with Gasteiger partial charge >= 0.3 is 5.76 Å². The average Bonchev–Trinajstić information content (AvgIpc) is 3.34. The Morgan fingerprint density at radius 2 is 2.07 bits per heavy atom. The quantitative estimate of drug-likeness (QED) is 0.447. The highest BCUT2D eigenvalue weighted by Gasteiger charge is 2.19. The zero-order valence-corrected chi connectivity index (χ0v) is 17.2. The Kier molecular flexibility index (Phi) is 5.48. The number of hydrogen-bond donors (Lipinski definition) is 2. The molecule has 9 nitrogen and oxygen atoms in total. The van der Waals surface area contributed by atoms with E-state index < -0.39 is 15.8 Å². The van der Waals surface area contributed by atoms with Crippen LogP contribution in [0.1, 0.15) is 11.1 Å². The fourth-order valence-electron chi connectivity index (χ4n) is 2.96. The molecule has 0 aliphatic rings. The maximum atomic E-state index is 12.6. The van der Waals surface area contributed by atoms with Gasteiger partial charge in [0.05, 0.1) is 17.0 Å². The third kappa shape index (κ3) is 4.03. The first-order valence-corrected chi connectivity index (χ1v) is 11.1. The molecule has 0 bridgehead atoms. The smallest absolute Gasteiger partial charge is 0.408 e. The largest absolute Gasteiger partial charge is 0.420 e. The number of aromatic nitrogens is 3. The van der Waals surface area contributed by atoms with Crippen LogP contribution in [-0.2, 0) is 16.6 Å². The topological polar surface area (TPSA) is 133 Å². The van der Waals surface area contributed by atoms with Crippen LogP contribution in [0, 0.1) is 0 Å². The summed E-state index contributed by atoms with van der Waals surface area (Å²) in [5.74, 6) is -0.575. The van der Waals surface area contributed by atoms with E-state index in [1.54, 1.807) is 6.07 Å². The molecular formula is C19H17N5O4S2. The molecule has 30 heavy (non-hydrogen) atoms. The molecular weight excluding hydrogens is 426 g/mol. The van der Waals surface area contributed by atoms with Crippen molar-refractivity contribution in [2.45, 2.75) is 11.4 Å². The lowest BCUT2D eigenvalue weighted by atomic mass is 10.1. The first kappa shape index (κ1) is 20.0. The molecule has 0 radical (unpaired) electrons. The summed E-state index contributed by atoms with van der Waals surface area (Å²) in [6, 6.07) is 11.9. The highest BCUT2D eigenvalue weighted by Crippen LogP contribution is 2.22. The molecule has 0 spiro atoms. The van der Waals surface area contributed by atoms with E-state index in [4.69, 9.17) is 10.2 Å². The van der Waals surface area contributed by atoms with Crippen LogP contribution < -0.4 is 16.2 Å². The number of hydrogen-bond acceptors (Lipinski definition) is 8. The van der Waals surface area contributed by atoms with E-state index >= 15 is 0 Å². The molecule has 0 amide bonds. The molecule has 4 aromatic rings. The molecule has 2 heterocycles. The van der Waals surface area contributed by atoms with Crippen LogP contribution in [0.15, 0.2) is 69.0 Å². The number of nitrogens with one attached hydrogen (secondary N) is 1. The Bertz CT molecular complexity index is 1370. The van der Waals surface area contributed by atoms with Gasteiger partial charge in [-0.1, -0.05) is 36.4 Å².